The van der Waals surface area contributed by atoms with Crippen molar-refractivity contribution in [2.45, 2.75) is 83.8 Å². The number of rotatable bonds is 4. The Morgan fingerprint density at radius 2 is 1.89 bits per heavy atom. The van der Waals surface area contributed by atoms with Crippen LogP contribution in [0.25, 0.3) is 0 Å². The highest BCUT2D eigenvalue weighted by molar-refractivity contribution is 8.13. The Morgan fingerprint density at radius 3 is 2.49 bits per heavy atom. The average Bonchev–Trinajstić information content (AvgIpc) is 3.01. The van der Waals surface area contributed by atoms with Crippen LogP contribution in [0.1, 0.15) is 60.3 Å². The maximum Gasteiger partial charge on any atom is 0.306 e. The molecule has 0 aliphatic heterocycles. The van der Waals surface area contributed by atoms with Crippen molar-refractivity contribution in [1.82, 2.24) is 0 Å². The van der Waals surface area contributed by atoms with E-state index in [1.165, 1.54) is 19.1 Å². The summed E-state index contributed by atoms with van der Waals surface area (Å²) < 4.78 is 52.6. The van der Waals surface area contributed by atoms with Crippen LogP contribution in [0.15, 0.2) is 23.8 Å². The lowest BCUT2D eigenvalue weighted by Gasteiger charge is -2.68. The Balaban J connectivity index is 1.93. The van der Waals surface area contributed by atoms with Gasteiger partial charge in [0.1, 0.15) is 12.2 Å². The van der Waals surface area contributed by atoms with Crippen molar-refractivity contribution in [3.63, 3.8) is 0 Å². The summed E-state index contributed by atoms with van der Waals surface area (Å²) in [6, 6.07) is -1.03. The maximum absolute atomic E-state index is 17.6. The van der Waals surface area contributed by atoms with Crippen LogP contribution in [0.2, 0.25) is 0 Å². The van der Waals surface area contributed by atoms with Crippen LogP contribution < -0.4 is 0 Å². The van der Waals surface area contributed by atoms with Gasteiger partial charge in [-0.2, -0.15) is 0 Å². The number of hydrogen-bond donors (Lipinski definition) is 1. The van der Waals surface area contributed by atoms with Gasteiger partial charge in [0.15, 0.2) is 17.1 Å². The number of fused-ring (bicyclic) bond motifs is 5. The second-order valence-electron chi connectivity index (χ2n) is 11.3. The fourth-order valence-corrected chi connectivity index (χ4v) is 9.08. The topological polar surface area (TPSA) is 80.7 Å². The Hall–Kier alpha value is -1.61. The summed E-state index contributed by atoms with van der Waals surface area (Å²) in [7, 11) is 0. The fourth-order valence-electron chi connectivity index (χ4n) is 8.29. The summed E-state index contributed by atoms with van der Waals surface area (Å²) in [4.78, 5) is 38.0. The van der Waals surface area contributed by atoms with Crippen molar-refractivity contribution in [3.8, 4) is 0 Å². The zero-order valence-corrected chi connectivity index (χ0v) is 21.5. The molecule has 3 fully saturated rings. The van der Waals surface area contributed by atoms with Gasteiger partial charge in [-0.05, 0) is 61.6 Å². The number of esters is 1. The standard InChI is InChI=1S/C26H33F3O5S/c1-6-20(32)34-25(21(33)35-13-27)14(2)9-18-23(25,4)12-19(31)26(29)22(3)8-7-15(30)10-16(22)17(28)11-24(18,26)5/h7-8,10,14,17-19,31H,6,9,11-13H2,1-5H3. The van der Waals surface area contributed by atoms with Gasteiger partial charge in [-0.15, -0.1) is 0 Å². The Morgan fingerprint density at radius 1 is 1.23 bits per heavy atom. The predicted octanol–water partition coefficient (Wildman–Crippen LogP) is 4.82. The van der Waals surface area contributed by atoms with Crippen LogP contribution in [0.4, 0.5) is 13.2 Å². The Kier molecular flexibility index (Phi) is 6.20. The molecule has 9 heteroatoms. The molecule has 0 aromatic rings. The van der Waals surface area contributed by atoms with Crippen molar-refractivity contribution >= 4 is 28.6 Å². The Bertz CT molecular complexity index is 1030. The summed E-state index contributed by atoms with van der Waals surface area (Å²) >= 11 is 0.395. The lowest BCUT2D eigenvalue weighted by molar-refractivity contribution is -0.262. The molecule has 0 heterocycles. The van der Waals surface area contributed by atoms with E-state index in [2.05, 4.69) is 0 Å². The third-order valence-electron chi connectivity index (χ3n) is 9.80. The fraction of sp³-hybridized carbons (Fsp3) is 0.731. The first-order valence-corrected chi connectivity index (χ1v) is 13.1. The van der Waals surface area contributed by atoms with Gasteiger partial charge >= 0.3 is 5.97 Å². The smallest absolute Gasteiger partial charge is 0.306 e. The quantitative estimate of drug-likeness (QED) is 0.542. The third-order valence-corrected chi connectivity index (χ3v) is 10.5. The molecular formula is C26H33F3O5S. The van der Waals surface area contributed by atoms with E-state index in [4.69, 9.17) is 4.74 Å². The van der Waals surface area contributed by atoms with Gasteiger partial charge in [0.25, 0.3) is 0 Å². The summed E-state index contributed by atoms with van der Waals surface area (Å²) in [6.45, 7) is 8.06. The molecule has 0 saturated heterocycles. The highest BCUT2D eigenvalue weighted by Gasteiger charge is 2.81. The zero-order valence-electron chi connectivity index (χ0n) is 20.7. The number of aliphatic hydroxyl groups excluding tert-OH is 1. The van der Waals surface area contributed by atoms with Gasteiger partial charge < -0.3 is 9.84 Å². The lowest BCUT2D eigenvalue weighted by Crippen LogP contribution is -2.74. The number of aliphatic hydroxyl groups is 1. The van der Waals surface area contributed by atoms with Crippen molar-refractivity contribution in [2.24, 2.45) is 28.1 Å². The summed E-state index contributed by atoms with van der Waals surface area (Å²) in [5.41, 5.74) is -8.49. The monoisotopic (exact) mass is 514 g/mol. The molecule has 4 aliphatic carbocycles. The number of carbonyl (C=O) groups excluding carboxylic acids is 3. The molecule has 4 aliphatic rings. The van der Waals surface area contributed by atoms with Crippen LogP contribution in [0.3, 0.4) is 0 Å². The highest BCUT2D eigenvalue weighted by atomic mass is 32.2. The molecule has 9 atom stereocenters. The van der Waals surface area contributed by atoms with E-state index in [0.717, 1.165) is 6.08 Å². The normalized spacial score (nSPS) is 48.5. The van der Waals surface area contributed by atoms with Gasteiger partial charge in [-0.25, -0.2) is 13.2 Å². The van der Waals surface area contributed by atoms with Crippen molar-refractivity contribution in [1.29, 1.82) is 0 Å². The predicted molar refractivity (Wildman–Crippen MR) is 125 cm³/mol. The van der Waals surface area contributed by atoms with Gasteiger partial charge in [-0.3, -0.25) is 14.4 Å². The van der Waals surface area contributed by atoms with Crippen LogP contribution in [0.5, 0.6) is 0 Å². The number of thioether (sulfide) groups is 1. The molecule has 0 spiro atoms. The number of hydrogen-bond acceptors (Lipinski definition) is 6. The molecule has 0 aromatic heterocycles. The van der Waals surface area contributed by atoms with E-state index < -0.39 is 74.5 Å². The molecule has 0 bridgehead atoms. The van der Waals surface area contributed by atoms with E-state index in [1.54, 1.807) is 27.7 Å². The Labute approximate surface area is 207 Å². The molecule has 194 valence electrons. The molecule has 35 heavy (non-hydrogen) atoms. The largest absolute Gasteiger partial charge is 0.449 e. The zero-order chi connectivity index (χ0) is 26.2. The molecule has 3 saturated carbocycles. The summed E-state index contributed by atoms with van der Waals surface area (Å²) in [5, 5.41) is 10.9. The number of ether oxygens (including phenoxy) is 1. The molecule has 1 N–H and O–H groups in total. The molecule has 0 radical (unpaired) electrons. The average molecular weight is 515 g/mol. The van der Waals surface area contributed by atoms with Crippen LogP contribution in [-0.2, 0) is 19.1 Å². The molecular weight excluding hydrogens is 481 g/mol. The van der Waals surface area contributed by atoms with Crippen LogP contribution in [-0.4, -0.2) is 51.5 Å². The number of carbonyl (C=O) groups is 3. The van der Waals surface area contributed by atoms with E-state index in [9.17, 15) is 23.9 Å². The number of ketones is 1. The van der Waals surface area contributed by atoms with Crippen molar-refractivity contribution < 1.29 is 37.4 Å². The molecule has 5 nitrogen and oxygen atoms in total. The van der Waals surface area contributed by atoms with E-state index in [1.807, 2.05) is 0 Å². The molecule has 4 rings (SSSR count). The maximum atomic E-state index is 17.6. The van der Waals surface area contributed by atoms with Gasteiger partial charge in [0.05, 0.1) is 6.10 Å². The van der Waals surface area contributed by atoms with Crippen molar-refractivity contribution in [3.05, 3.63) is 23.8 Å². The lowest BCUT2D eigenvalue weighted by atomic mass is 9.39. The minimum atomic E-state index is -2.36. The molecule has 0 aromatic carbocycles. The second kappa shape index (κ2) is 8.20. The van der Waals surface area contributed by atoms with E-state index in [0.29, 0.717) is 11.8 Å². The highest BCUT2D eigenvalue weighted by Crippen LogP contribution is 2.76. The minimum absolute atomic E-state index is 0.00593. The van der Waals surface area contributed by atoms with Crippen molar-refractivity contribution in [2.75, 3.05) is 6.01 Å². The second-order valence-corrected chi connectivity index (χ2v) is 12.1. The molecule has 0 amide bonds. The van der Waals surface area contributed by atoms with Crippen LogP contribution in [0, 0.1) is 28.1 Å². The minimum Gasteiger partial charge on any atom is -0.449 e. The summed E-state index contributed by atoms with van der Waals surface area (Å²) in [5.74, 6) is -2.37. The van der Waals surface area contributed by atoms with Gasteiger partial charge in [0, 0.05) is 28.6 Å². The first-order chi connectivity index (χ1) is 16.2. The van der Waals surface area contributed by atoms with Gasteiger partial charge in [-0.1, -0.05) is 33.8 Å². The first-order valence-electron chi connectivity index (χ1n) is 12.1. The van der Waals surface area contributed by atoms with E-state index in [-0.39, 0.29) is 31.3 Å². The summed E-state index contributed by atoms with van der Waals surface area (Å²) in [6.07, 6.45) is 0.0290. The SMILES string of the molecule is CCC(=O)OC1(C(=O)SCF)C(C)CC2C1(C)CC(O)C1(F)C3(C)C=CC(=O)C=C3C(F)CC21C. The number of allylic oxidation sites excluding steroid dienone is 4. The number of alkyl halides is 3. The first kappa shape index (κ1) is 26.5. The van der Waals surface area contributed by atoms with Gasteiger partial charge in [0.2, 0.25) is 5.12 Å². The van der Waals surface area contributed by atoms with Crippen LogP contribution >= 0.6 is 11.8 Å². The van der Waals surface area contributed by atoms with E-state index >= 15 is 8.78 Å². The molecule has 9 unspecified atom stereocenters. The number of halogens is 3. The third kappa shape index (κ3) is 3.03.